The number of benzene rings is 1. The molecule has 0 radical (unpaired) electrons. The van der Waals surface area contributed by atoms with Crippen LogP contribution in [0.15, 0.2) is 18.2 Å². The zero-order chi connectivity index (χ0) is 11.8. The zero-order valence-corrected chi connectivity index (χ0v) is 9.88. The molecule has 0 saturated heterocycles. The number of nitrogens with zero attached hydrogens (tertiary/aromatic N) is 1. The molecule has 3 rings (SSSR count). The third kappa shape index (κ3) is 2.31. The van der Waals surface area contributed by atoms with Crippen LogP contribution in [-0.2, 0) is 0 Å². The predicted octanol–water partition coefficient (Wildman–Crippen LogP) is 2.16. The number of rotatable bonds is 2. The number of urea groups is 1. The van der Waals surface area contributed by atoms with Gasteiger partial charge in [-0.25, -0.2) is 9.78 Å². The van der Waals surface area contributed by atoms with E-state index in [2.05, 4.69) is 15.6 Å². The Labute approximate surface area is 102 Å². The van der Waals surface area contributed by atoms with Crippen molar-refractivity contribution < 1.29 is 4.79 Å². The van der Waals surface area contributed by atoms with Crippen molar-refractivity contribution in [3.05, 3.63) is 18.2 Å². The van der Waals surface area contributed by atoms with Crippen molar-refractivity contribution in [2.45, 2.75) is 18.9 Å². The molecule has 0 bridgehead atoms. The summed E-state index contributed by atoms with van der Waals surface area (Å²) in [5.41, 5.74) is 7.24. The van der Waals surface area contributed by atoms with E-state index in [1.54, 1.807) is 6.07 Å². The van der Waals surface area contributed by atoms with Crippen LogP contribution in [0, 0.1) is 0 Å². The summed E-state index contributed by atoms with van der Waals surface area (Å²) in [7, 11) is 0. The van der Waals surface area contributed by atoms with Crippen LogP contribution in [0.5, 0.6) is 0 Å². The molecular formula is C11H12N4OS. The lowest BCUT2D eigenvalue weighted by Crippen LogP contribution is -2.30. The van der Waals surface area contributed by atoms with Crippen molar-refractivity contribution in [3.8, 4) is 0 Å². The number of nitrogens with one attached hydrogen (secondary N) is 2. The van der Waals surface area contributed by atoms with Gasteiger partial charge in [-0.2, -0.15) is 0 Å². The molecule has 0 aliphatic heterocycles. The Hall–Kier alpha value is -1.82. The lowest BCUT2D eigenvalue weighted by Gasteiger charge is -2.01. The number of carbonyl (C=O) groups is 1. The molecule has 0 atom stereocenters. The summed E-state index contributed by atoms with van der Waals surface area (Å²) >= 11 is 1.42. The van der Waals surface area contributed by atoms with Gasteiger partial charge in [0.05, 0.1) is 10.2 Å². The highest BCUT2D eigenvalue weighted by atomic mass is 32.1. The molecule has 1 fully saturated rings. The van der Waals surface area contributed by atoms with Crippen LogP contribution in [0.4, 0.5) is 15.6 Å². The number of aromatic nitrogens is 1. The monoisotopic (exact) mass is 248 g/mol. The Kier molecular flexibility index (Phi) is 2.36. The molecule has 0 unspecified atom stereocenters. The molecule has 0 spiro atoms. The van der Waals surface area contributed by atoms with Crippen molar-refractivity contribution in [2.75, 3.05) is 11.1 Å². The van der Waals surface area contributed by atoms with Crippen molar-refractivity contribution >= 4 is 38.4 Å². The molecule has 6 heteroatoms. The second kappa shape index (κ2) is 3.89. The Morgan fingerprint density at radius 1 is 1.47 bits per heavy atom. The molecule has 2 amide bonds. The number of carbonyl (C=O) groups excluding carboxylic acids is 1. The third-order valence-electron chi connectivity index (χ3n) is 2.55. The van der Waals surface area contributed by atoms with E-state index < -0.39 is 0 Å². The average molecular weight is 248 g/mol. The quantitative estimate of drug-likeness (QED) is 0.712. The van der Waals surface area contributed by atoms with E-state index in [1.165, 1.54) is 11.3 Å². The summed E-state index contributed by atoms with van der Waals surface area (Å²) in [5, 5.41) is 6.19. The number of amides is 2. The number of thiazole rings is 1. The summed E-state index contributed by atoms with van der Waals surface area (Å²) < 4.78 is 0.978. The maximum absolute atomic E-state index is 11.5. The summed E-state index contributed by atoms with van der Waals surface area (Å²) in [6.45, 7) is 0. The number of hydrogen-bond donors (Lipinski definition) is 3. The van der Waals surface area contributed by atoms with Gasteiger partial charge in [0.25, 0.3) is 0 Å². The largest absolute Gasteiger partial charge is 0.399 e. The first kappa shape index (κ1) is 10.3. The summed E-state index contributed by atoms with van der Waals surface area (Å²) in [6, 6.07) is 5.68. The van der Waals surface area contributed by atoms with Crippen LogP contribution in [0.3, 0.4) is 0 Å². The van der Waals surface area contributed by atoms with E-state index in [0.29, 0.717) is 16.9 Å². The second-order valence-electron chi connectivity index (χ2n) is 4.12. The van der Waals surface area contributed by atoms with Gasteiger partial charge in [-0.05, 0) is 31.0 Å². The van der Waals surface area contributed by atoms with E-state index in [-0.39, 0.29) is 6.03 Å². The average Bonchev–Trinajstić information content (AvgIpc) is 2.97. The van der Waals surface area contributed by atoms with Crippen LogP contribution >= 0.6 is 11.3 Å². The minimum atomic E-state index is -0.181. The Bertz CT molecular complexity index is 576. The zero-order valence-electron chi connectivity index (χ0n) is 9.06. The topological polar surface area (TPSA) is 80.0 Å². The van der Waals surface area contributed by atoms with Crippen molar-refractivity contribution in [2.24, 2.45) is 0 Å². The minimum Gasteiger partial charge on any atom is -0.399 e. The van der Waals surface area contributed by atoms with Crippen LogP contribution in [0.1, 0.15) is 12.8 Å². The predicted molar refractivity (Wildman–Crippen MR) is 69.2 cm³/mol. The van der Waals surface area contributed by atoms with Gasteiger partial charge in [0.2, 0.25) is 0 Å². The fraction of sp³-hybridized carbons (Fsp3) is 0.273. The molecule has 88 valence electrons. The molecule has 1 aliphatic carbocycles. The smallest absolute Gasteiger partial charge is 0.321 e. The Balaban J connectivity index is 1.77. The van der Waals surface area contributed by atoms with Crippen LogP contribution in [0.25, 0.3) is 10.2 Å². The van der Waals surface area contributed by atoms with E-state index in [0.717, 1.165) is 23.1 Å². The molecular weight excluding hydrogens is 236 g/mol. The van der Waals surface area contributed by atoms with Gasteiger partial charge < -0.3 is 11.1 Å². The first-order chi connectivity index (χ1) is 8.20. The van der Waals surface area contributed by atoms with E-state index >= 15 is 0 Å². The highest BCUT2D eigenvalue weighted by Crippen LogP contribution is 2.27. The van der Waals surface area contributed by atoms with Crippen molar-refractivity contribution in [3.63, 3.8) is 0 Å². The van der Waals surface area contributed by atoms with Crippen LogP contribution in [-0.4, -0.2) is 17.1 Å². The highest BCUT2D eigenvalue weighted by molar-refractivity contribution is 7.22. The maximum Gasteiger partial charge on any atom is 0.321 e. The molecule has 5 nitrogen and oxygen atoms in total. The lowest BCUT2D eigenvalue weighted by molar-refractivity contribution is 0.251. The number of hydrogen-bond acceptors (Lipinski definition) is 4. The van der Waals surface area contributed by atoms with Gasteiger partial charge in [-0.1, -0.05) is 11.3 Å². The van der Waals surface area contributed by atoms with Crippen molar-refractivity contribution in [1.29, 1.82) is 0 Å². The standard InChI is InChI=1S/C11H12N4OS/c12-6-1-4-8-9(5-6)17-11(14-8)15-10(16)13-7-2-3-7/h1,4-5,7H,2-3,12H2,(H2,13,14,15,16). The third-order valence-corrected chi connectivity index (χ3v) is 3.48. The van der Waals surface area contributed by atoms with E-state index in [4.69, 9.17) is 5.73 Å². The van der Waals surface area contributed by atoms with Gasteiger partial charge >= 0.3 is 6.03 Å². The van der Waals surface area contributed by atoms with Gasteiger partial charge in [-0.3, -0.25) is 5.32 Å². The van der Waals surface area contributed by atoms with Gasteiger partial charge in [-0.15, -0.1) is 0 Å². The number of nitrogen functional groups attached to an aromatic ring is 1. The molecule has 1 aromatic carbocycles. The van der Waals surface area contributed by atoms with Crippen LogP contribution < -0.4 is 16.4 Å². The fourth-order valence-corrected chi connectivity index (χ4v) is 2.45. The SMILES string of the molecule is Nc1ccc2nc(NC(=O)NC3CC3)sc2c1. The fourth-order valence-electron chi connectivity index (χ4n) is 1.54. The number of anilines is 2. The number of fused-ring (bicyclic) bond motifs is 1. The molecule has 1 aromatic heterocycles. The summed E-state index contributed by atoms with van der Waals surface area (Å²) in [5.74, 6) is 0. The first-order valence-corrected chi connectivity index (χ1v) is 6.26. The van der Waals surface area contributed by atoms with Gasteiger partial charge in [0.1, 0.15) is 0 Å². The van der Waals surface area contributed by atoms with Gasteiger partial charge in [0, 0.05) is 11.7 Å². The highest BCUT2D eigenvalue weighted by Gasteiger charge is 2.23. The minimum absolute atomic E-state index is 0.181. The molecule has 1 heterocycles. The Morgan fingerprint density at radius 2 is 2.29 bits per heavy atom. The maximum atomic E-state index is 11.5. The van der Waals surface area contributed by atoms with Gasteiger partial charge in [0.15, 0.2) is 5.13 Å². The molecule has 4 N–H and O–H groups in total. The first-order valence-electron chi connectivity index (χ1n) is 5.44. The molecule has 1 saturated carbocycles. The molecule has 1 aliphatic rings. The second-order valence-corrected chi connectivity index (χ2v) is 5.15. The normalized spacial score (nSPS) is 14.8. The van der Waals surface area contributed by atoms with E-state index in [1.807, 2.05) is 12.1 Å². The lowest BCUT2D eigenvalue weighted by atomic mass is 10.3. The van der Waals surface area contributed by atoms with Crippen LogP contribution in [0.2, 0.25) is 0 Å². The van der Waals surface area contributed by atoms with Crippen molar-refractivity contribution in [1.82, 2.24) is 10.3 Å². The summed E-state index contributed by atoms with van der Waals surface area (Å²) in [4.78, 5) is 15.8. The summed E-state index contributed by atoms with van der Waals surface area (Å²) in [6.07, 6.45) is 2.15. The Morgan fingerprint density at radius 3 is 3.06 bits per heavy atom. The number of nitrogens with two attached hydrogens (primary N) is 1. The molecule has 17 heavy (non-hydrogen) atoms. The molecule has 2 aromatic rings. The van der Waals surface area contributed by atoms with E-state index in [9.17, 15) is 4.79 Å².